The third-order valence-electron chi connectivity index (χ3n) is 5.45. The Bertz CT molecular complexity index is 1270. The molecular weight excluding hydrogens is 438 g/mol. The number of fused-ring (bicyclic) bond motifs is 1. The van der Waals surface area contributed by atoms with Crippen molar-refractivity contribution in [3.8, 4) is 0 Å². The quantitative estimate of drug-likeness (QED) is 0.604. The number of carbonyl (C=O) groups excluding carboxylic acids is 1. The predicted molar refractivity (Wildman–Crippen MR) is 117 cm³/mol. The lowest BCUT2D eigenvalue weighted by Crippen LogP contribution is -2.33. The second-order valence-corrected chi connectivity index (χ2v) is 10.2. The normalized spacial score (nSPS) is 16.8. The second-order valence-electron chi connectivity index (χ2n) is 8.40. The Balaban J connectivity index is 1.66. The van der Waals surface area contributed by atoms with Gasteiger partial charge in [0.2, 0.25) is 10.0 Å². The molecule has 1 N–H and O–H groups in total. The van der Waals surface area contributed by atoms with Gasteiger partial charge in [0.15, 0.2) is 0 Å². The Morgan fingerprint density at radius 2 is 2.03 bits per heavy atom. The molecule has 1 aliphatic rings. The van der Waals surface area contributed by atoms with Crippen molar-refractivity contribution in [1.29, 1.82) is 0 Å². The van der Waals surface area contributed by atoms with Crippen molar-refractivity contribution >= 4 is 27.1 Å². The Morgan fingerprint density at radius 1 is 1.25 bits per heavy atom. The van der Waals surface area contributed by atoms with Gasteiger partial charge in [-0.2, -0.15) is 5.10 Å². The summed E-state index contributed by atoms with van der Waals surface area (Å²) in [7, 11) is -3.78. The van der Waals surface area contributed by atoms with E-state index in [0.29, 0.717) is 24.2 Å². The number of halogens is 2. The maximum Gasteiger partial charge on any atom is 0.268 e. The topological polar surface area (TPSA) is 83.8 Å². The van der Waals surface area contributed by atoms with E-state index in [1.54, 1.807) is 32.2 Å². The van der Waals surface area contributed by atoms with Crippen LogP contribution in [-0.2, 0) is 10.0 Å². The molecule has 0 bridgehead atoms. The molecule has 32 heavy (non-hydrogen) atoms. The Kier molecular flexibility index (Phi) is 5.89. The summed E-state index contributed by atoms with van der Waals surface area (Å²) in [5.74, 6) is -2.03. The SMILES string of the molecule is CC(C)CS(=O)(=O)NC(=O)c1cnn2ccc(N3CCCC3c3cc(F)ccc3F)cc12. The minimum absolute atomic E-state index is 0.117. The average molecular weight is 463 g/mol. The lowest BCUT2D eigenvalue weighted by molar-refractivity contribution is 0.0983. The molecule has 1 aromatic carbocycles. The second kappa shape index (κ2) is 8.50. The zero-order chi connectivity index (χ0) is 23.0. The highest BCUT2D eigenvalue weighted by atomic mass is 32.2. The summed E-state index contributed by atoms with van der Waals surface area (Å²) in [6.07, 6.45) is 4.42. The van der Waals surface area contributed by atoms with Gasteiger partial charge < -0.3 is 4.90 Å². The minimum atomic E-state index is -3.78. The van der Waals surface area contributed by atoms with Crippen LogP contribution in [0.1, 0.15) is 48.7 Å². The van der Waals surface area contributed by atoms with Crippen molar-refractivity contribution in [3.05, 3.63) is 65.5 Å². The first-order chi connectivity index (χ1) is 15.1. The fourth-order valence-corrected chi connectivity index (χ4v) is 5.52. The van der Waals surface area contributed by atoms with E-state index >= 15 is 0 Å². The predicted octanol–water partition coefficient (Wildman–Crippen LogP) is 3.67. The fraction of sp³-hybridized carbons (Fsp3) is 0.364. The van der Waals surface area contributed by atoms with Crippen LogP contribution in [-0.4, -0.2) is 36.2 Å². The average Bonchev–Trinajstić information content (AvgIpc) is 3.34. The third kappa shape index (κ3) is 4.45. The van der Waals surface area contributed by atoms with Gasteiger partial charge >= 0.3 is 0 Å². The van der Waals surface area contributed by atoms with Gasteiger partial charge in [-0.05, 0) is 49.1 Å². The monoisotopic (exact) mass is 462 g/mol. The van der Waals surface area contributed by atoms with Crippen LogP contribution in [0.3, 0.4) is 0 Å². The summed E-state index contributed by atoms with van der Waals surface area (Å²) in [5.41, 5.74) is 1.54. The maximum atomic E-state index is 14.4. The highest BCUT2D eigenvalue weighted by Gasteiger charge is 2.29. The molecule has 2 aromatic heterocycles. The molecule has 0 spiro atoms. The molecule has 10 heteroatoms. The van der Waals surface area contributed by atoms with Crippen molar-refractivity contribution in [2.75, 3.05) is 17.2 Å². The number of nitrogens with one attached hydrogen (secondary N) is 1. The first-order valence-corrected chi connectivity index (χ1v) is 12.0. The van der Waals surface area contributed by atoms with Gasteiger partial charge in [0.05, 0.1) is 29.1 Å². The van der Waals surface area contributed by atoms with Crippen molar-refractivity contribution in [3.63, 3.8) is 0 Å². The van der Waals surface area contributed by atoms with Gasteiger partial charge in [0.25, 0.3) is 5.91 Å². The smallest absolute Gasteiger partial charge is 0.268 e. The van der Waals surface area contributed by atoms with E-state index in [1.165, 1.54) is 16.8 Å². The number of benzene rings is 1. The number of carbonyl (C=O) groups is 1. The molecule has 1 saturated heterocycles. The van der Waals surface area contributed by atoms with Gasteiger partial charge in [0, 0.05) is 24.0 Å². The fourth-order valence-electron chi connectivity index (χ4n) is 4.17. The van der Waals surface area contributed by atoms with Crippen LogP contribution in [0.25, 0.3) is 5.52 Å². The summed E-state index contributed by atoms with van der Waals surface area (Å²) in [6, 6.07) is 6.59. The van der Waals surface area contributed by atoms with Crippen LogP contribution in [0.5, 0.6) is 0 Å². The summed E-state index contributed by atoms with van der Waals surface area (Å²) in [4.78, 5) is 14.6. The molecule has 0 saturated carbocycles. The van der Waals surface area contributed by atoms with Gasteiger partial charge in [-0.15, -0.1) is 0 Å². The molecule has 170 valence electrons. The summed E-state index contributed by atoms with van der Waals surface area (Å²) in [6.45, 7) is 4.13. The highest BCUT2D eigenvalue weighted by molar-refractivity contribution is 7.90. The van der Waals surface area contributed by atoms with E-state index in [2.05, 4.69) is 9.82 Å². The first kappa shape index (κ1) is 22.2. The molecule has 0 aliphatic carbocycles. The molecule has 7 nitrogen and oxygen atoms in total. The van der Waals surface area contributed by atoms with Crippen molar-refractivity contribution in [2.45, 2.75) is 32.7 Å². The third-order valence-corrected chi connectivity index (χ3v) is 7.05. The van der Waals surface area contributed by atoms with Crippen LogP contribution in [0, 0.1) is 17.6 Å². The first-order valence-electron chi connectivity index (χ1n) is 10.4. The minimum Gasteiger partial charge on any atom is -0.364 e. The molecule has 3 aromatic rings. The number of pyridine rings is 1. The molecule has 1 aliphatic heterocycles. The van der Waals surface area contributed by atoms with E-state index in [0.717, 1.165) is 18.6 Å². The number of sulfonamides is 1. The maximum absolute atomic E-state index is 14.4. The molecule has 1 amide bonds. The van der Waals surface area contributed by atoms with E-state index in [4.69, 9.17) is 0 Å². The standard InChI is InChI=1S/C22H24F2N4O3S/c1-14(2)13-32(30,31)26-22(29)18-12-25-28-9-7-16(11-21(18)28)27-8-3-4-20(27)17-10-15(23)5-6-19(17)24/h5-7,9-12,14,20H,3-4,8,13H2,1-2H3,(H,26,29). The molecule has 1 atom stereocenters. The van der Waals surface area contributed by atoms with Crippen molar-refractivity contribution < 1.29 is 22.0 Å². The Morgan fingerprint density at radius 3 is 2.78 bits per heavy atom. The molecular formula is C22H24F2N4O3S. The molecule has 1 fully saturated rings. The van der Waals surface area contributed by atoms with Crippen LogP contribution in [0.15, 0.2) is 42.7 Å². The number of hydrogen-bond acceptors (Lipinski definition) is 5. The Labute approximate surface area is 185 Å². The van der Waals surface area contributed by atoms with Gasteiger partial charge in [0.1, 0.15) is 11.6 Å². The number of hydrogen-bond donors (Lipinski definition) is 1. The lowest BCUT2D eigenvalue weighted by Gasteiger charge is -2.27. The summed E-state index contributed by atoms with van der Waals surface area (Å²) >= 11 is 0. The lowest BCUT2D eigenvalue weighted by atomic mass is 10.0. The number of amides is 1. The van der Waals surface area contributed by atoms with Gasteiger partial charge in [-0.25, -0.2) is 26.4 Å². The van der Waals surface area contributed by atoms with Crippen LogP contribution >= 0.6 is 0 Å². The summed E-state index contributed by atoms with van der Waals surface area (Å²) in [5, 5.41) is 4.13. The summed E-state index contributed by atoms with van der Waals surface area (Å²) < 4.78 is 56.1. The van der Waals surface area contributed by atoms with Gasteiger partial charge in [-0.1, -0.05) is 13.8 Å². The molecule has 0 radical (unpaired) electrons. The van der Waals surface area contributed by atoms with E-state index in [-0.39, 0.29) is 28.8 Å². The Hall–Kier alpha value is -3.01. The van der Waals surface area contributed by atoms with E-state index < -0.39 is 27.6 Å². The van der Waals surface area contributed by atoms with Crippen molar-refractivity contribution in [2.24, 2.45) is 5.92 Å². The molecule has 3 heterocycles. The van der Waals surface area contributed by atoms with Gasteiger partial charge in [-0.3, -0.25) is 4.79 Å². The number of aromatic nitrogens is 2. The van der Waals surface area contributed by atoms with Crippen LogP contribution in [0.2, 0.25) is 0 Å². The number of anilines is 1. The van der Waals surface area contributed by atoms with E-state index in [9.17, 15) is 22.0 Å². The van der Waals surface area contributed by atoms with E-state index in [1.807, 2.05) is 4.90 Å². The molecule has 4 rings (SSSR count). The van der Waals surface area contributed by atoms with Crippen LogP contribution in [0.4, 0.5) is 14.5 Å². The molecule has 1 unspecified atom stereocenters. The van der Waals surface area contributed by atoms with Crippen LogP contribution < -0.4 is 9.62 Å². The number of nitrogens with zero attached hydrogens (tertiary/aromatic N) is 3. The number of rotatable bonds is 6. The largest absolute Gasteiger partial charge is 0.364 e. The zero-order valence-corrected chi connectivity index (χ0v) is 18.6. The zero-order valence-electron chi connectivity index (χ0n) is 17.8. The van der Waals surface area contributed by atoms with Crippen molar-refractivity contribution in [1.82, 2.24) is 14.3 Å². The highest BCUT2D eigenvalue weighted by Crippen LogP contribution is 2.38.